The van der Waals surface area contributed by atoms with E-state index in [0.29, 0.717) is 11.2 Å². The molecular formula is C15H26N2O2S. The normalized spacial score (nSPS) is 22.8. The molecule has 5 heteroatoms. The highest BCUT2D eigenvalue weighted by atomic mass is 32.2. The lowest BCUT2D eigenvalue weighted by molar-refractivity contribution is -0.131. The molecule has 0 atom stereocenters. The lowest BCUT2D eigenvalue weighted by Gasteiger charge is -2.45. The van der Waals surface area contributed by atoms with E-state index in [1.165, 1.54) is 0 Å². The average molecular weight is 298 g/mol. The van der Waals surface area contributed by atoms with Gasteiger partial charge in [0, 0.05) is 26.1 Å². The van der Waals surface area contributed by atoms with Crippen LogP contribution in [-0.4, -0.2) is 48.9 Å². The Bertz CT molecular complexity index is 355. The van der Waals surface area contributed by atoms with E-state index >= 15 is 0 Å². The predicted molar refractivity (Wildman–Crippen MR) is 82.7 cm³/mol. The molecule has 1 saturated heterocycles. The molecule has 1 saturated carbocycles. The highest BCUT2D eigenvalue weighted by molar-refractivity contribution is 7.99. The van der Waals surface area contributed by atoms with Crippen molar-refractivity contribution in [3.8, 4) is 0 Å². The summed E-state index contributed by atoms with van der Waals surface area (Å²) in [6, 6.07) is 0. The first-order chi connectivity index (χ1) is 9.60. The van der Waals surface area contributed by atoms with Crippen molar-refractivity contribution >= 4 is 23.6 Å². The molecule has 20 heavy (non-hydrogen) atoms. The van der Waals surface area contributed by atoms with Crippen LogP contribution in [0.4, 0.5) is 0 Å². The minimum absolute atomic E-state index is 0.201. The number of thioether (sulfide) groups is 1. The van der Waals surface area contributed by atoms with Gasteiger partial charge in [0.2, 0.25) is 11.8 Å². The molecule has 1 aliphatic heterocycles. The molecule has 1 aliphatic carbocycles. The maximum Gasteiger partial charge on any atom is 0.232 e. The van der Waals surface area contributed by atoms with Gasteiger partial charge >= 0.3 is 0 Å². The van der Waals surface area contributed by atoms with E-state index in [9.17, 15) is 9.59 Å². The molecule has 0 aromatic heterocycles. The van der Waals surface area contributed by atoms with Gasteiger partial charge in [0.25, 0.3) is 0 Å². The number of amides is 2. The number of carbonyl (C=O) groups is 2. The highest BCUT2D eigenvalue weighted by Crippen LogP contribution is 2.46. The van der Waals surface area contributed by atoms with Gasteiger partial charge in [0.05, 0.1) is 5.75 Å². The lowest BCUT2D eigenvalue weighted by Crippen LogP contribution is -2.46. The highest BCUT2D eigenvalue weighted by Gasteiger charge is 2.40. The molecule has 4 nitrogen and oxygen atoms in total. The van der Waals surface area contributed by atoms with Gasteiger partial charge in [0.1, 0.15) is 0 Å². The van der Waals surface area contributed by atoms with Gasteiger partial charge < -0.3 is 10.2 Å². The van der Waals surface area contributed by atoms with Crippen LogP contribution in [0.25, 0.3) is 0 Å². The van der Waals surface area contributed by atoms with E-state index < -0.39 is 0 Å². The van der Waals surface area contributed by atoms with Crippen molar-refractivity contribution < 1.29 is 9.59 Å². The number of hydrogen-bond donors (Lipinski definition) is 1. The number of nitrogens with zero attached hydrogens (tertiary/aromatic N) is 1. The van der Waals surface area contributed by atoms with Crippen molar-refractivity contribution in [2.45, 2.75) is 38.5 Å². The number of hydrogen-bond acceptors (Lipinski definition) is 3. The third-order valence-corrected chi connectivity index (χ3v) is 5.64. The average Bonchev–Trinajstić information content (AvgIpc) is 2.48. The molecule has 1 spiro atoms. The molecule has 2 rings (SSSR count). The molecule has 0 unspecified atom stereocenters. The molecule has 0 bridgehead atoms. The summed E-state index contributed by atoms with van der Waals surface area (Å²) in [5, 5.41) is 2.77. The maximum atomic E-state index is 11.9. The summed E-state index contributed by atoms with van der Waals surface area (Å²) in [5.74, 6) is 1.30. The Hall–Kier alpha value is -0.710. The number of piperidine rings is 1. The topological polar surface area (TPSA) is 49.4 Å². The quantitative estimate of drug-likeness (QED) is 0.865. The zero-order chi connectivity index (χ0) is 14.6. The van der Waals surface area contributed by atoms with Crippen molar-refractivity contribution in [2.24, 2.45) is 11.3 Å². The van der Waals surface area contributed by atoms with Crippen molar-refractivity contribution in [1.82, 2.24) is 10.2 Å². The molecule has 2 aliphatic rings. The van der Waals surface area contributed by atoms with Gasteiger partial charge in [0.15, 0.2) is 0 Å². The minimum atomic E-state index is 0.201. The first-order valence-corrected chi connectivity index (χ1v) is 8.98. The molecular weight excluding hydrogens is 272 g/mol. The van der Waals surface area contributed by atoms with Crippen LogP contribution < -0.4 is 5.32 Å². The van der Waals surface area contributed by atoms with Crippen molar-refractivity contribution in [3.63, 3.8) is 0 Å². The Kier molecular flexibility index (Phi) is 5.35. The molecule has 0 aromatic carbocycles. The van der Waals surface area contributed by atoms with Crippen LogP contribution in [0.2, 0.25) is 0 Å². The second-order valence-corrected chi connectivity index (χ2v) is 7.07. The molecule has 2 fully saturated rings. The summed E-state index contributed by atoms with van der Waals surface area (Å²) in [7, 11) is 1.72. The molecule has 2 amide bonds. The monoisotopic (exact) mass is 298 g/mol. The van der Waals surface area contributed by atoms with E-state index in [1.54, 1.807) is 18.8 Å². The molecule has 114 valence electrons. The van der Waals surface area contributed by atoms with Crippen LogP contribution in [0.15, 0.2) is 0 Å². The smallest absolute Gasteiger partial charge is 0.232 e. The van der Waals surface area contributed by atoms with E-state index in [2.05, 4.69) is 5.32 Å². The van der Waals surface area contributed by atoms with Gasteiger partial charge in [-0.1, -0.05) is 0 Å². The largest absolute Gasteiger partial charge is 0.359 e. The summed E-state index contributed by atoms with van der Waals surface area (Å²) < 4.78 is 0. The zero-order valence-electron chi connectivity index (χ0n) is 12.6. The Labute approximate surface area is 126 Å². The lowest BCUT2D eigenvalue weighted by atomic mass is 9.65. The van der Waals surface area contributed by atoms with Gasteiger partial charge in [-0.3, -0.25) is 9.59 Å². The number of likely N-dealkylation sites (tertiary alicyclic amines) is 1. The molecule has 1 N–H and O–H groups in total. The number of rotatable bonds is 3. The van der Waals surface area contributed by atoms with E-state index in [0.717, 1.165) is 51.6 Å². The third kappa shape index (κ3) is 3.48. The van der Waals surface area contributed by atoms with E-state index in [-0.39, 0.29) is 17.7 Å². The first-order valence-electron chi connectivity index (χ1n) is 7.58. The fourth-order valence-electron chi connectivity index (χ4n) is 3.64. The Morgan fingerprint density at radius 1 is 1.20 bits per heavy atom. The Balaban J connectivity index is 1.82. The molecule has 1 heterocycles. The SMILES string of the molecule is CNC(=O)C1CCC2(CC1)CCN(C(=O)CSC)CC2. The van der Waals surface area contributed by atoms with Gasteiger partial charge in [-0.05, 0) is 50.2 Å². The Morgan fingerprint density at radius 2 is 1.80 bits per heavy atom. The minimum Gasteiger partial charge on any atom is -0.359 e. The van der Waals surface area contributed by atoms with Crippen molar-refractivity contribution in [1.29, 1.82) is 0 Å². The van der Waals surface area contributed by atoms with E-state index in [4.69, 9.17) is 0 Å². The van der Waals surface area contributed by atoms with E-state index in [1.807, 2.05) is 11.2 Å². The fraction of sp³-hybridized carbons (Fsp3) is 0.867. The molecule has 0 aromatic rings. The summed E-state index contributed by atoms with van der Waals surface area (Å²) in [6.45, 7) is 1.81. The maximum absolute atomic E-state index is 11.9. The van der Waals surface area contributed by atoms with Gasteiger partial charge in [-0.25, -0.2) is 0 Å². The van der Waals surface area contributed by atoms with Crippen LogP contribution in [0.1, 0.15) is 38.5 Å². The summed E-state index contributed by atoms with van der Waals surface area (Å²) >= 11 is 1.60. The van der Waals surface area contributed by atoms with Crippen molar-refractivity contribution in [2.75, 3.05) is 32.1 Å². The summed E-state index contributed by atoms with van der Waals surface area (Å²) in [6.07, 6.45) is 8.53. The predicted octanol–water partition coefficient (Wildman–Crippen LogP) is 1.89. The third-order valence-electron chi connectivity index (χ3n) is 5.11. The number of nitrogens with one attached hydrogen (secondary N) is 1. The summed E-state index contributed by atoms with van der Waals surface area (Å²) in [4.78, 5) is 25.6. The summed E-state index contributed by atoms with van der Waals surface area (Å²) in [5.41, 5.74) is 0.403. The fourth-order valence-corrected chi connectivity index (χ4v) is 4.07. The second kappa shape index (κ2) is 6.83. The van der Waals surface area contributed by atoms with Gasteiger partial charge in [-0.2, -0.15) is 11.8 Å². The Morgan fingerprint density at radius 3 is 2.30 bits per heavy atom. The van der Waals surface area contributed by atoms with Crippen LogP contribution in [-0.2, 0) is 9.59 Å². The zero-order valence-corrected chi connectivity index (χ0v) is 13.4. The second-order valence-electron chi connectivity index (χ2n) is 6.20. The number of carbonyl (C=O) groups excluding carboxylic acids is 2. The first kappa shape index (κ1) is 15.7. The van der Waals surface area contributed by atoms with Crippen LogP contribution >= 0.6 is 11.8 Å². The molecule has 0 radical (unpaired) electrons. The van der Waals surface area contributed by atoms with Gasteiger partial charge in [-0.15, -0.1) is 0 Å². The van der Waals surface area contributed by atoms with Crippen molar-refractivity contribution in [3.05, 3.63) is 0 Å². The standard InChI is InChI=1S/C15H26N2O2S/c1-16-14(19)12-3-5-15(6-4-12)7-9-17(10-8-15)13(18)11-20-2/h12H,3-11H2,1-2H3,(H,16,19). The van der Waals surface area contributed by atoms with Crippen LogP contribution in [0.5, 0.6) is 0 Å². The van der Waals surface area contributed by atoms with Crippen LogP contribution in [0.3, 0.4) is 0 Å². The van der Waals surface area contributed by atoms with Crippen LogP contribution in [0, 0.1) is 11.3 Å².